The van der Waals surface area contributed by atoms with Crippen LogP contribution >= 0.6 is 0 Å². The predicted octanol–water partition coefficient (Wildman–Crippen LogP) is 2.53. The van der Waals surface area contributed by atoms with Crippen molar-refractivity contribution in [2.45, 2.75) is 13.2 Å². The van der Waals surface area contributed by atoms with E-state index < -0.39 is 6.23 Å². The molecule has 0 aliphatic carbocycles. The Morgan fingerprint density at radius 3 is 2.93 bits per heavy atom. The number of aldehydes is 1. The number of hydrogen-bond acceptors (Lipinski definition) is 3. The van der Waals surface area contributed by atoms with Gasteiger partial charge in [-0.25, -0.2) is 0 Å². The van der Waals surface area contributed by atoms with Gasteiger partial charge in [-0.2, -0.15) is 0 Å². The average Bonchev–Trinajstić information content (AvgIpc) is 2.19. The molecule has 0 spiro atoms. The third-order valence-electron chi connectivity index (χ3n) is 1.56. The van der Waals surface area contributed by atoms with Gasteiger partial charge in [0.15, 0.2) is 12.5 Å². The summed E-state index contributed by atoms with van der Waals surface area (Å²) in [6.07, 6.45) is 0.0686. The monoisotopic (exact) mass is 191 g/mol. The molecule has 1 aromatic rings. The summed E-state index contributed by atoms with van der Waals surface area (Å²) in [7, 11) is 0. The van der Waals surface area contributed by atoms with Gasteiger partial charge >= 0.3 is 0 Å². The molecule has 72 valence electrons. The van der Waals surface area contributed by atoms with Gasteiger partial charge in [-0.05, 0) is 24.6 Å². The van der Waals surface area contributed by atoms with E-state index in [1.54, 1.807) is 31.2 Å². The molecule has 0 heterocycles. The first kappa shape index (κ1) is 10.1. The smallest absolute Gasteiger partial charge is 0.175 e. The van der Waals surface area contributed by atoms with Crippen molar-refractivity contribution < 1.29 is 9.53 Å². The second-order valence-corrected chi connectivity index (χ2v) is 2.58. The first-order chi connectivity index (χ1) is 6.77. The van der Waals surface area contributed by atoms with E-state index in [1.807, 2.05) is 0 Å². The SMILES string of the molecule is CC(N=[N+]=[N-])Oc1ccccc1C=O. The number of rotatable bonds is 4. The molecule has 5 nitrogen and oxygen atoms in total. The Morgan fingerprint density at radius 1 is 1.57 bits per heavy atom. The summed E-state index contributed by atoms with van der Waals surface area (Å²) in [5.41, 5.74) is 8.59. The number of carbonyl (C=O) groups excluding carboxylic acids is 1. The van der Waals surface area contributed by atoms with Crippen molar-refractivity contribution in [3.05, 3.63) is 40.3 Å². The highest BCUT2D eigenvalue weighted by Gasteiger charge is 2.04. The second kappa shape index (κ2) is 4.89. The van der Waals surface area contributed by atoms with Crippen molar-refractivity contribution in [2.75, 3.05) is 0 Å². The van der Waals surface area contributed by atoms with Gasteiger partial charge in [-0.1, -0.05) is 17.2 Å². The lowest BCUT2D eigenvalue weighted by Gasteiger charge is -2.10. The molecule has 0 radical (unpaired) electrons. The zero-order valence-electron chi connectivity index (χ0n) is 7.62. The Labute approximate surface area is 80.9 Å². The Balaban J connectivity index is 2.84. The van der Waals surface area contributed by atoms with Crippen LogP contribution in [0.3, 0.4) is 0 Å². The Hall–Kier alpha value is -2.00. The molecule has 0 aliphatic rings. The molecule has 5 heteroatoms. The van der Waals surface area contributed by atoms with E-state index in [0.29, 0.717) is 17.6 Å². The minimum Gasteiger partial charge on any atom is -0.484 e. The van der Waals surface area contributed by atoms with Gasteiger partial charge < -0.3 is 4.74 Å². The molecule has 0 bridgehead atoms. The molecule has 14 heavy (non-hydrogen) atoms. The van der Waals surface area contributed by atoms with Crippen molar-refractivity contribution in [3.63, 3.8) is 0 Å². The Bertz CT molecular complexity index is 372. The Morgan fingerprint density at radius 2 is 2.29 bits per heavy atom. The van der Waals surface area contributed by atoms with E-state index in [-0.39, 0.29) is 0 Å². The standard InChI is InChI=1S/C9H9N3O2/c1-7(11-12-10)14-9-5-3-2-4-8(9)6-13/h2-7H,1H3. The van der Waals surface area contributed by atoms with Crippen molar-refractivity contribution >= 4 is 6.29 Å². The maximum atomic E-state index is 10.6. The van der Waals surface area contributed by atoms with Crippen molar-refractivity contribution in [1.29, 1.82) is 0 Å². The first-order valence-electron chi connectivity index (χ1n) is 4.03. The number of hydrogen-bond donors (Lipinski definition) is 0. The molecular formula is C9H9N3O2. The van der Waals surface area contributed by atoms with Crippen LogP contribution in [-0.2, 0) is 0 Å². The Kier molecular flexibility index (Phi) is 3.52. The van der Waals surface area contributed by atoms with E-state index >= 15 is 0 Å². The van der Waals surface area contributed by atoms with Gasteiger partial charge in [0.25, 0.3) is 0 Å². The molecular weight excluding hydrogens is 182 g/mol. The molecule has 1 aromatic carbocycles. The topological polar surface area (TPSA) is 75.1 Å². The van der Waals surface area contributed by atoms with Gasteiger partial charge in [0.1, 0.15) is 5.75 Å². The summed E-state index contributed by atoms with van der Waals surface area (Å²) in [6.45, 7) is 1.60. The van der Waals surface area contributed by atoms with Crippen molar-refractivity contribution in [3.8, 4) is 5.75 Å². The fraction of sp³-hybridized carbons (Fsp3) is 0.222. The largest absolute Gasteiger partial charge is 0.484 e. The highest BCUT2D eigenvalue weighted by Crippen LogP contribution is 2.17. The lowest BCUT2D eigenvalue weighted by molar-refractivity contribution is 0.111. The maximum absolute atomic E-state index is 10.6. The molecule has 0 aliphatic heterocycles. The van der Waals surface area contributed by atoms with E-state index in [0.717, 1.165) is 0 Å². The van der Waals surface area contributed by atoms with E-state index in [2.05, 4.69) is 10.0 Å². The van der Waals surface area contributed by atoms with Gasteiger partial charge in [0, 0.05) is 4.91 Å². The fourth-order valence-electron chi connectivity index (χ4n) is 0.965. The quantitative estimate of drug-likeness (QED) is 0.317. The lowest BCUT2D eigenvalue weighted by Crippen LogP contribution is -2.08. The van der Waals surface area contributed by atoms with E-state index in [4.69, 9.17) is 10.3 Å². The molecule has 1 rings (SSSR count). The van der Waals surface area contributed by atoms with Gasteiger partial charge in [0.05, 0.1) is 5.56 Å². The normalized spacial score (nSPS) is 11.2. The van der Waals surface area contributed by atoms with Gasteiger partial charge in [0.2, 0.25) is 0 Å². The molecule has 0 amide bonds. The third kappa shape index (κ3) is 2.50. The van der Waals surface area contributed by atoms with Crippen LogP contribution in [0, 0.1) is 0 Å². The van der Waals surface area contributed by atoms with Crippen molar-refractivity contribution in [2.24, 2.45) is 5.11 Å². The first-order valence-corrected chi connectivity index (χ1v) is 4.03. The zero-order valence-corrected chi connectivity index (χ0v) is 7.62. The van der Waals surface area contributed by atoms with Crippen LogP contribution in [0.25, 0.3) is 10.4 Å². The minimum absolute atomic E-state index is 0.419. The summed E-state index contributed by atoms with van der Waals surface area (Å²) in [5, 5.41) is 3.34. The number of para-hydroxylation sites is 1. The third-order valence-corrected chi connectivity index (χ3v) is 1.56. The van der Waals surface area contributed by atoms with Crippen LogP contribution in [0.2, 0.25) is 0 Å². The average molecular weight is 191 g/mol. The van der Waals surface area contributed by atoms with E-state index in [1.165, 1.54) is 0 Å². The number of benzene rings is 1. The number of nitrogens with zero attached hydrogens (tertiary/aromatic N) is 3. The number of ether oxygens (including phenoxy) is 1. The molecule has 1 atom stereocenters. The van der Waals surface area contributed by atoms with Crippen LogP contribution in [0.1, 0.15) is 17.3 Å². The lowest BCUT2D eigenvalue weighted by atomic mass is 10.2. The summed E-state index contributed by atoms with van der Waals surface area (Å²) < 4.78 is 5.23. The van der Waals surface area contributed by atoms with Crippen LogP contribution in [0.4, 0.5) is 0 Å². The van der Waals surface area contributed by atoms with Crippen LogP contribution in [0.5, 0.6) is 5.75 Å². The second-order valence-electron chi connectivity index (χ2n) is 2.58. The predicted molar refractivity (Wildman–Crippen MR) is 51.1 cm³/mol. The molecule has 0 fully saturated rings. The summed E-state index contributed by atoms with van der Waals surface area (Å²) in [6, 6.07) is 6.75. The highest BCUT2D eigenvalue weighted by molar-refractivity contribution is 5.79. The van der Waals surface area contributed by atoms with Crippen LogP contribution in [-0.4, -0.2) is 12.5 Å². The molecule has 0 saturated heterocycles. The molecule has 0 N–H and O–H groups in total. The maximum Gasteiger partial charge on any atom is 0.175 e. The minimum atomic E-state index is -0.624. The summed E-state index contributed by atoms with van der Waals surface area (Å²) in [4.78, 5) is 13.2. The van der Waals surface area contributed by atoms with E-state index in [9.17, 15) is 4.79 Å². The van der Waals surface area contributed by atoms with Gasteiger partial charge in [-0.3, -0.25) is 4.79 Å². The fourth-order valence-corrected chi connectivity index (χ4v) is 0.965. The highest BCUT2D eigenvalue weighted by atomic mass is 16.5. The summed E-state index contributed by atoms with van der Waals surface area (Å²) >= 11 is 0. The zero-order chi connectivity index (χ0) is 10.4. The number of carbonyl (C=O) groups is 1. The van der Waals surface area contributed by atoms with Crippen LogP contribution in [0.15, 0.2) is 29.4 Å². The molecule has 0 saturated carbocycles. The molecule has 0 aromatic heterocycles. The van der Waals surface area contributed by atoms with Gasteiger partial charge in [-0.15, -0.1) is 0 Å². The van der Waals surface area contributed by atoms with Crippen LogP contribution < -0.4 is 4.74 Å². The number of azide groups is 1. The summed E-state index contributed by atoms with van der Waals surface area (Å²) in [5.74, 6) is 0.419. The molecule has 1 unspecified atom stereocenters. The van der Waals surface area contributed by atoms with Crippen molar-refractivity contribution in [1.82, 2.24) is 0 Å².